The number of carbonyl (C=O) groups excluding carboxylic acids is 1. The molecular formula is C20H19NO2S. The SMILES string of the molecule is CCCC(=S)c1cccc(C2=C(N)OC(c3ccccc3)C2=O)c1. The van der Waals surface area contributed by atoms with E-state index in [0.29, 0.717) is 5.57 Å². The maximum atomic E-state index is 12.8. The number of benzene rings is 2. The van der Waals surface area contributed by atoms with Crippen LogP contribution in [-0.4, -0.2) is 10.6 Å². The number of Topliss-reactive ketones (excluding diaryl/α,β-unsaturated/α-hetero) is 1. The Morgan fingerprint density at radius 1 is 1.17 bits per heavy atom. The first kappa shape index (κ1) is 16.4. The van der Waals surface area contributed by atoms with Gasteiger partial charge in [-0.15, -0.1) is 0 Å². The van der Waals surface area contributed by atoms with Crippen molar-refractivity contribution in [1.29, 1.82) is 0 Å². The summed E-state index contributed by atoms with van der Waals surface area (Å²) in [6.45, 7) is 2.09. The first-order chi connectivity index (χ1) is 11.6. The van der Waals surface area contributed by atoms with Gasteiger partial charge in [-0.3, -0.25) is 4.79 Å². The largest absolute Gasteiger partial charge is 0.462 e. The van der Waals surface area contributed by atoms with Crippen LogP contribution in [0.15, 0.2) is 60.5 Å². The van der Waals surface area contributed by atoms with Crippen molar-refractivity contribution in [2.24, 2.45) is 5.73 Å². The zero-order chi connectivity index (χ0) is 17.1. The average molecular weight is 337 g/mol. The summed E-state index contributed by atoms with van der Waals surface area (Å²) in [5.74, 6) is 0.0599. The second kappa shape index (κ2) is 6.97. The third-order valence-electron chi connectivity index (χ3n) is 4.03. The van der Waals surface area contributed by atoms with E-state index in [-0.39, 0.29) is 11.7 Å². The molecule has 0 aromatic heterocycles. The minimum atomic E-state index is -0.674. The van der Waals surface area contributed by atoms with Gasteiger partial charge in [0.05, 0.1) is 5.57 Å². The minimum Gasteiger partial charge on any atom is -0.462 e. The molecule has 0 spiro atoms. The van der Waals surface area contributed by atoms with E-state index in [2.05, 4.69) is 6.92 Å². The van der Waals surface area contributed by atoms with Gasteiger partial charge in [0.2, 0.25) is 5.78 Å². The Morgan fingerprint density at radius 2 is 1.92 bits per heavy atom. The van der Waals surface area contributed by atoms with Crippen molar-refractivity contribution in [2.45, 2.75) is 25.9 Å². The molecule has 2 aromatic rings. The van der Waals surface area contributed by atoms with Crippen molar-refractivity contribution < 1.29 is 9.53 Å². The van der Waals surface area contributed by atoms with Gasteiger partial charge in [0.1, 0.15) is 0 Å². The molecule has 3 rings (SSSR count). The van der Waals surface area contributed by atoms with Crippen molar-refractivity contribution in [2.75, 3.05) is 0 Å². The van der Waals surface area contributed by atoms with Crippen LogP contribution < -0.4 is 5.73 Å². The fourth-order valence-electron chi connectivity index (χ4n) is 2.84. The van der Waals surface area contributed by atoms with Crippen LogP contribution in [0.5, 0.6) is 0 Å². The molecule has 0 saturated carbocycles. The molecule has 0 amide bonds. The molecule has 1 aliphatic rings. The highest BCUT2D eigenvalue weighted by Gasteiger charge is 2.35. The summed E-state index contributed by atoms with van der Waals surface area (Å²) in [6, 6.07) is 17.1. The van der Waals surface area contributed by atoms with Crippen LogP contribution in [-0.2, 0) is 9.53 Å². The van der Waals surface area contributed by atoms with E-state index in [0.717, 1.165) is 34.4 Å². The van der Waals surface area contributed by atoms with Crippen molar-refractivity contribution in [1.82, 2.24) is 0 Å². The number of hydrogen-bond donors (Lipinski definition) is 1. The van der Waals surface area contributed by atoms with Crippen molar-refractivity contribution in [3.8, 4) is 0 Å². The smallest absolute Gasteiger partial charge is 0.213 e. The third-order valence-corrected chi connectivity index (χ3v) is 4.47. The van der Waals surface area contributed by atoms with Crippen LogP contribution in [0.25, 0.3) is 5.57 Å². The Balaban J connectivity index is 1.92. The molecule has 1 unspecified atom stereocenters. The van der Waals surface area contributed by atoms with E-state index >= 15 is 0 Å². The zero-order valence-corrected chi connectivity index (χ0v) is 14.3. The highest BCUT2D eigenvalue weighted by atomic mass is 32.1. The van der Waals surface area contributed by atoms with E-state index in [1.54, 1.807) is 0 Å². The van der Waals surface area contributed by atoms with Crippen molar-refractivity contribution in [3.63, 3.8) is 0 Å². The molecule has 1 aliphatic heterocycles. The molecule has 0 fully saturated rings. The molecule has 24 heavy (non-hydrogen) atoms. The highest BCUT2D eigenvalue weighted by Crippen LogP contribution is 2.36. The fraction of sp³-hybridized carbons (Fsp3) is 0.200. The number of ketones is 1. The van der Waals surface area contributed by atoms with Gasteiger partial charge in [0.25, 0.3) is 0 Å². The monoisotopic (exact) mass is 337 g/mol. The maximum absolute atomic E-state index is 12.8. The molecule has 0 saturated heterocycles. The molecule has 0 aliphatic carbocycles. The number of ether oxygens (including phenoxy) is 1. The second-order valence-electron chi connectivity index (χ2n) is 5.77. The maximum Gasteiger partial charge on any atom is 0.213 e. The van der Waals surface area contributed by atoms with Crippen LogP contribution in [0.1, 0.15) is 42.6 Å². The lowest BCUT2D eigenvalue weighted by Gasteiger charge is -2.10. The molecule has 0 bridgehead atoms. The van der Waals surface area contributed by atoms with E-state index in [9.17, 15) is 4.79 Å². The van der Waals surface area contributed by atoms with E-state index in [4.69, 9.17) is 22.7 Å². The van der Waals surface area contributed by atoms with Crippen LogP contribution in [0, 0.1) is 0 Å². The standard InChI is InChI=1S/C20H19NO2S/c1-2-7-16(24)14-10-6-11-15(12-14)17-18(22)19(23-20(17)21)13-8-4-3-5-9-13/h3-6,8-12,19H,2,7,21H2,1H3. The molecule has 4 heteroatoms. The summed E-state index contributed by atoms with van der Waals surface area (Å²) in [6.07, 6.45) is 1.17. The molecule has 1 heterocycles. The lowest BCUT2D eigenvalue weighted by molar-refractivity contribution is -0.120. The van der Waals surface area contributed by atoms with E-state index in [1.807, 2.05) is 54.6 Å². The topological polar surface area (TPSA) is 52.3 Å². The number of rotatable bonds is 5. The van der Waals surface area contributed by atoms with Gasteiger partial charge < -0.3 is 10.5 Å². The highest BCUT2D eigenvalue weighted by molar-refractivity contribution is 7.80. The molecule has 0 radical (unpaired) electrons. The summed E-state index contributed by atoms with van der Waals surface area (Å²) in [5, 5.41) is 0. The Bertz CT molecular complexity index is 811. The van der Waals surface area contributed by atoms with E-state index < -0.39 is 6.10 Å². The predicted molar refractivity (Wildman–Crippen MR) is 99.4 cm³/mol. The lowest BCUT2D eigenvalue weighted by Crippen LogP contribution is -2.09. The first-order valence-electron chi connectivity index (χ1n) is 8.01. The van der Waals surface area contributed by atoms with E-state index in [1.165, 1.54) is 0 Å². The number of nitrogens with two attached hydrogens (primary N) is 1. The average Bonchev–Trinajstić information content (AvgIpc) is 2.90. The van der Waals surface area contributed by atoms with Gasteiger partial charge in [-0.05, 0) is 23.6 Å². The molecule has 2 N–H and O–H groups in total. The minimum absolute atomic E-state index is 0.114. The predicted octanol–water partition coefficient (Wildman–Crippen LogP) is 4.17. The summed E-state index contributed by atoms with van der Waals surface area (Å²) in [4.78, 5) is 13.7. The Kier molecular flexibility index (Phi) is 4.76. The Morgan fingerprint density at radius 3 is 2.62 bits per heavy atom. The Labute approximate surface area is 147 Å². The summed E-state index contributed by atoms with van der Waals surface area (Å²) in [5.41, 5.74) is 8.97. The summed E-state index contributed by atoms with van der Waals surface area (Å²) < 4.78 is 5.65. The molecule has 1 atom stereocenters. The second-order valence-corrected chi connectivity index (χ2v) is 6.26. The van der Waals surface area contributed by atoms with Gasteiger partial charge in [0, 0.05) is 10.4 Å². The van der Waals surface area contributed by atoms with Gasteiger partial charge in [-0.2, -0.15) is 0 Å². The van der Waals surface area contributed by atoms with Gasteiger partial charge in [-0.25, -0.2) is 0 Å². The van der Waals surface area contributed by atoms with Crippen molar-refractivity contribution in [3.05, 3.63) is 77.2 Å². The number of thiocarbonyl (C=S) groups is 1. The summed E-state index contributed by atoms with van der Waals surface area (Å²) in [7, 11) is 0. The number of carbonyl (C=O) groups is 1. The molecule has 122 valence electrons. The Hall–Kier alpha value is -2.46. The van der Waals surface area contributed by atoms with Crippen LogP contribution in [0.2, 0.25) is 0 Å². The third kappa shape index (κ3) is 3.10. The molecule has 2 aromatic carbocycles. The lowest BCUT2D eigenvalue weighted by atomic mass is 9.95. The van der Waals surface area contributed by atoms with Crippen LogP contribution >= 0.6 is 12.2 Å². The van der Waals surface area contributed by atoms with Gasteiger partial charge in [0.15, 0.2) is 12.0 Å². The van der Waals surface area contributed by atoms with Crippen LogP contribution in [0.3, 0.4) is 0 Å². The number of hydrogen-bond acceptors (Lipinski definition) is 4. The normalized spacial score (nSPS) is 17.0. The molecular weight excluding hydrogens is 318 g/mol. The quantitative estimate of drug-likeness (QED) is 0.657. The summed E-state index contributed by atoms with van der Waals surface area (Å²) >= 11 is 5.45. The van der Waals surface area contributed by atoms with Crippen molar-refractivity contribution >= 4 is 28.4 Å². The first-order valence-corrected chi connectivity index (χ1v) is 8.42. The van der Waals surface area contributed by atoms with Crippen LogP contribution in [0.4, 0.5) is 0 Å². The molecule has 3 nitrogen and oxygen atoms in total. The fourth-order valence-corrected chi connectivity index (χ4v) is 3.17. The van der Waals surface area contributed by atoms with Gasteiger partial charge >= 0.3 is 0 Å². The van der Waals surface area contributed by atoms with Gasteiger partial charge in [-0.1, -0.05) is 74.1 Å². The zero-order valence-electron chi connectivity index (χ0n) is 13.5.